The third kappa shape index (κ3) is 2.27. The molecule has 0 bridgehead atoms. The van der Waals surface area contributed by atoms with Gasteiger partial charge in [0.25, 0.3) is 0 Å². The Morgan fingerprint density at radius 3 is 3.27 bits per heavy atom. The minimum Gasteiger partial charge on any atom is -0.375 e. The predicted octanol–water partition coefficient (Wildman–Crippen LogP) is -0.171. The van der Waals surface area contributed by atoms with Gasteiger partial charge in [0.2, 0.25) is 5.91 Å². The lowest BCUT2D eigenvalue weighted by molar-refractivity contribution is -0.121. The third-order valence-electron chi connectivity index (χ3n) is 2.47. The Labute approximate surface area is 92.3 Å². The molecule has 5 nitrogen and oxygen atoms in total. The van der Waals surface area contributed by atoms with Crippen molar-refractivity contribution in [3.8, 4) is 0 Å². The van der Waals surface area contributed by atoms with E-state index in [0.29, 0.717) is 11.7 Å². The molecule has 3 N–H and O–H groups in total. The van der Waals surface area contributed by atoms with Crippen LogP contribution in [-0.2, 0) is 17.8 Å². The van der Waals surface area contributed by atoms with E-state index in [-0.39, 0.29) is 5.91 Å². The molecule has 0 saturated carbocycles. The highest BCUT2D eigenvalue weighted by atomic mass is 32.1. The highest BCUT2D eigenvalue weighted by molar-refractivity contribution is 7.15. The number of carbonyl (C=O) groups is 1. The number of nitrogens with two attached hydrogens (primary N) is 1. The highest BCUT2D eigenvalue weighted by Crippen LogP contribution is 2.25. The molecule has 1 aliphatic heterocycles. The minimum absolute atomic E-state index is 0.0518. The zero-order chi connectivity index (χ0) is 10.8. The molecule has 0 saturated heterocycles. The summed E-state index contributed by atoms with van der Waals surface area (Å²) in [7, 11) is 1.66. The maximum Gasteiger partial charge on any atom is 0.233 e. The zero-order valence-corrected chi connectivity index (χ0v) is 9.43. The smallest absolute Gasteiger partial charge is 0.233 e. The van der Waals surface area contributed by atoms with Crippen molar-refractivity contribution >= 4 is 22.4 Å². The van der Waals surface area contributed by atoms with Crippen LogP contribution in [0.3, 0.4) is 0 Å². The maximum atomic E-state index is 11.2. The highest BCUT2D eigenvalue weighted by Gasteiger charge is 2.21. The van der Waals surface area contributed by atoms with E-state index in [0.717, 1.165) is 25.2 Å². The number of carbonyl (C=O) groups excluding carboxylic acids is 1. The van der Waals surface area contributed by atoms with Crippen LogP contribution in [0, 0.1) is 0 Å². The topological polar surface area (TPSA) is 71.2 Å². The lowest BCUT2D eigenvalue weighted by atomic mass is 10.2. The maximum absolute atomic E-state index is 11.2. The van der Waals surface area contributed by atoms with Crippen LogP contribution < -0.4 is 11.1 Å². The number of likely N-dealkylation sites (N-methyl/N-ethyl adjacent to an activating group) is 1. The number of fused-ring (bicyclic) bond motifs is 1. The van der Waals surface area contributed by atoms with Crippen molar-refractivity contribution in [2.24, 2.45) is 0 Å². The molecule has 2 heterocycles. The molecule has 0 radical (unpaired) electrons. The zero-order valence-electron chi connectivity index (χ0n) is 8.62. The summed E-state index contributed by atoms with van der Waals surface area (Å²) in [6.45, 7) is 2.12. The van der Waals surface area contributed by atoms with Gasteiger partial charge in [-0.25, -0.2) is 4.98 Å². The van der Waals surface area contributed by atoms with E-state index in [1.54, 1.807) is 7.05 Å². The van der Waals surface area contributed by atoms with Crippen LogP contribution >= 0.6 is 11.3 Å². The van der Waals surface area contributed by atoms with Crippen LogP contribution in [0.15, 0.2) is 0 Å². The summed E-state index contributed by atoms with van der Waals surface area (Å²) in [6, 6.07) is 0. The Morgan fingerprint density at radius 1 is 1.73 bits per heavy atom. The average molecular weight is 226 g/mol. The van der Waals surface area contributed by atoms with E-state index in [2.05, 4.69) is 15.2 Å². The van der Waals surface area contributed by atoms with Crippen molar-refractivity contribution in [3.63, 3.8) is 0 Å². The second kappa shape index (κ2) is 4.16. The number of amides is 1. The first-order valence-electron chi connectivity index (χ1n) is 4.86. The number of nitrogen functional groups attached to an aromatic ring is 1. The Hall–Kier alpha value is -1.14. The molecule has 0 fully saturated rings. The fraction of sp³-hybridized carbons (Fsp3) is 0.556. The fourth-order valence-electron chi connectivity index (χ4n) is 1.69. The van der Waals surface area contributed by atoms with Gasteiger partial charge in [-0.05, 0) is 0 Å². The monoisotopic (exact) mass is 226 g/mol. The number of hydrogen-bond donors (Lipinski definition) is 2. The lowest BCUT2D eigenvalue weighted by Crippen LogP contribution is -2.38. The van der Waals surface area contributed by atoms with Gasteiger partial charge in [-0.1, -0.05) is 0 Å². The summed E-state index contributed by atoms with van der Waals surface area (Å²) in [5.74, 6) is 0.0518. The fourth-order valence-corrected chi connectivity index (χ4v) is 2.61. The van der Waals surface area contributed by atoms with Gasteiger partial charge in [-0.15, -0.1) is 11.3 Å². The summed E-state index contributed by atoms with van der Waals surface area (Å²) < 4.78 is 0. The van der Waals surface area contributed by atoms with Crippen molar-refractivity contribution in [1.29, 1.82) is 0 Å². The molecule has 0 aliphatic carbocycles. The first-order valence-corrected chi connectivity index (χ1v) is 5.67. The molecule has 0 aromatic carbocycles. The lowest BCUT2D eigenvalue weighted by Gasteiger charge is -2.24. The number of rotatable bonds is 2. The molecule has 0 atom stereocenters. The van der Waals surface area contributed by atoms with Gasteiger partial charge in [0.1, 0.15) is 0 Å². The molecule has 6 heteroatoms. The van der Waals surface area contributed by atoms with Crippen LogP contribution in [0.2, 0.25) is 0 Å². The van der Waals surface area contributed by atoms with Crippen LogP contribution in [0.4, 0.5) is 5.13 Å². The summed E-state index contributed by atoms with van der Waals surface area (Å²) >= 11 is 1.52. The van der Waals surface area contributed by atoms with Crippen molar-refractivity contribution in [3.05, 3.63) is 10.6 Å². The molecule has 1 amide bonds. The summed E-state index contributed by atoms with van der Waals surface area (Å²) in [5.41, 5.74) is 6.74. The molecular formula is C9H14N4OS. The van der Waals surface area contributed by atoms with Crippen molar-refractivity contribution in [2.75, 3.05) is 25.9 Å². The van der Waals surface area contributed by atoms with Gasteiger partial charge < -0.3 is 11.1 Å². The number of thiazole rings is 1. The Balaban J connectivity index is 2.02. The SMILES string of the molecule is CNC(=O)CN1CCc2nc(N)sc2C1. The van der Waals surface area contributed by atoms with Gasteiger partial charge in [0, 0.05) is 31.4 Å². The normalized spacial score (nSPS) is 16.1. The molecule has 82 valence electrons. The minimum atomic E-state index is 0.0518. The predicted molar refractivity (Wildman–Crippen MR) is 59.6 cm³/mol. The van der Waals surface area contributed by atoms with Gasteiger partial charge in [0.05, 0.1) is 12.2 Å². The first kappa shape index (κ1) is 10.4. The van der Waals surface area contributed by atoms with Crippen molar-refractivity contribution in [2.45, 2.75) is 13.0 Å². The summed E-state index contributed by atoms with van der Waals surface area (Å²) in [5, 5.41) is 3.25. The number of anilines is 1. The standard InChI is InChI=1S/C9H14N4OS/c1-11-8(14)5-13-3-2-6-7(4-13)15-9(10)12-6/h2-5H2,1H3,(H2,10,12)(H,11,14). The van der Waals surface area contributed by atoms with E-state index in [1.807, 2.05) is 0 Å². The summed E-state index contributed by atoms with van der Waals surface area (Å²) in [6.07, 6.45) is 0.889. The number of nitrogens with one attached hydrogen (secondary N) is 1. The van der Waals surface area contributed by atoms with Crippen molar-refractivity contribution < 1.29 is 4.79 Å². The molecular weight excluding hydrogens is 212 g/mol. The molecule has 2 rings (SSSR count). The summed E-state index contributed by atoms with van der Waals surface area (Å²) in [4.78, 5) is 18.8. The van der Waals surface area contributed by atoms with E-state index >= 15 is 0 Å². The van der Waals surface area contributed by atoms with E-state index in [4.69, 9.17) is 5.73 Å². The van der Waals surface area contributed by atoms with Gasteiger partial charge in [-0.3, -0.25) is 9.69 Å². The quantitative estimate of drug-likeness (QED) is 0.734. The largest absolute Gasteiger partial charge is 0.375 e. The Kier molecular flexibility index (Phi) is 2.88. The number of aromatic nitrogens is 1. The second-order valence-electron chi connectivity index (χ2n) is 3.56. The van der Waals surface area contributed by atoms with Gasteiger partial charge >= 0.3 is 0 Å². The molecule has 1 aromatic heterocycles. The third-order valence-corrected chi connectivity index (χ3v) is 3.38. The van der Waals surface area contributed by atoms with Crippen LogP contribution in [0.5, 0.6) is 0 Å². The van der Waals surface area contributed by atoms with Crippen molar-refractivity contribution in [1.82, 2.24) is 15.2 Å². The number of nitrogens with zero attached hydrogens (tertiary/aromatic N) is 2. The molecule has 15 heavy (non-hydrogen) atoms. The van der Waals surface area contributed by atoms with E-state index in [1.165, 1.54) is 16.2 Å². The van der Waals surface area contributed by atoms with E-state index < -0.39 is 0 Å². The number of hydrogen-bond acceptors (Lipinski definition) is 5. The molecule has 0 unspecified atom stereocenters. The van der Waals surface area contributed by atoms with Crippen LogP contribution in [0.25, 0.3) is 0 Å². The van der Waals surface area contributed by atoms with E-state index in [9.17, 15) is 4.79 Å². The Morgan fingerprint density at radius 2 is 2.53 bits per heavy atom. The average Bonchev–Trinajstić information content (AvgIpc) is 2.57. The van der Waals surface area contributed by atoms with Gasteiger partial charge in [0.15, 0.2) is 5.13 Å². The van der Waals surface area contributed by atoms with Crippen LogP contribution in [0.1, 0.15) is 10.6 Å². The molecule has 0 spiro atoms. The first-order chi connectivity index (χ1) is 7.19. The molecule has 1 aliphatic rings. The Bertz CT molecular complexity index is 376. The van der Waals surface area contributed by atoms with Gasteiger partial charge in [-0.2, -0.15) is 0 Å². The van der Waals surface area contributed by atoms with Crippen LogP contribution in [-0.4, -0.2) is 35.9 Å². The molecule has 1 aromatic rings. The second-order valence-corrected chi connectivity index (χ2v) is 4.67.